The molecule has 1 heterocycles. The summed E-state index contributed by atoms with van der Waals surface area (Å²) in [5.41, 5.74) is 3.13. The van der Waals surface area contributed by atoms with Gasteiger partial charge in [0, 0.05) is 19.5 Å². The summed E-state index contributed by atoms with van der Waals surface area (Å²) in [5.74, 6) is -0.210. The maximum Gasteiger partial charge on any atom is 0.123 e. The molecule has 0 bridgehead atoms. The molecular weight excluding hydrogens is 267 g/mol. The fraction of sp³-hybridized carbons (Fsp3) is 0. The third-order valence-electron chi connectivity index (χ3n) is 2.65. The molecule has 3 heteroatoms. The van der Waals surface area contributed by atoms with Crippen molar-refractivity contribution < 1.29 is 23.9 Å². The summed E-state index contributed by atoms with van der Waals surface area (Å²) in [6, 6.07) is 15.7. The van der Waals surface area contributed by atoms with Crippen LogP contribution in [0, 0.1) is 11.9 Å². The van der Waals surface area contributed by atoms with E-state index in [1.54, 1.807) is 18.3 Å². The number of rotatable bonds is 1. The standard InChI is InChI=1S/C14H9FN.Zn/c15-13-5-3-10(4-6-13)12-2-1-11-7-8-16-14(11)9-12;/h1-6,8-9,16H;/q-1;. The molecular formula is C14H9FNZn-. The molecule has 0 fully saturated rings. The van der Waals surface area contributed by atoms with Gasteiger partial charge in [0.1, 0.15) is 5.82 Å². The van der Waals surface area contributed by atoms with E-state index in [-0.39, 0.29) is 25.3 Å². The van der Waals surface area contributed by atoms with Crippen LogP contribution < -0.4 is 0 Å². The molecule has 0 saturated carbocycles. The van der Waals surface area contributed by atoms with E-state index in [4.69, 9.17) is 0 Å². The average molecular weight is 276 g/mol. The fourth-order valence-corrected chi connectivity index (χ4v) is 1.80. The van der Waals surface area contributed by atoms with Crippen molar-refractivity contribution in [2.75, 3.05) is 0 Å². The summed E-state index contributed by atoms with van der Waals surface area (Å²) in [6.45, 7) is 0. The number of benzene rings is 2. The minimum Gasteiger partial charge on any atom is -0.424 e. The number of hydrogen-bond donors (Lipinski definition) is 1. The molecule has 0 atom stereocenters. The van der Waals surface area contributed by atoms with E-state index in [1.165, 1.54) is 12.1 Å². The van der Waals surface area contributed by atoms with Gasteiger partial charge in [-0.25, -0.2) is 4.39 Å². The van der Waals surface area contributed by atoms with Crippen molar-refractivity contribution >= 4 is 10.9 Å². The van der Waals surface area contributed by atoms with Crippen LogP contribution >= 0.6 is 0 Å². The van der Waals surface area contributed by atoms with E-state index in [0.717, 1.165) is 22.0 Å². The van der Waals surface area contributed by atoms with Crippen LogP contribution in [0.2, 0.25) is 0 Å². The smallest absolute Gasteiger partial charge is 0.123 e. The van der Waals surface area contributed by atoms with Crippen LogP contribution in [0.1, 0.15) is 0 Å². The Morgan fingerprint density at radius 1 is 0.941 bits per heavy atom. The maximum atomic E-state index is 12.8. The predicted octanol–water partition coefficient (Wildman–Crippen LogP) is 3.77. The summed E-state index contributed by atoms with van der Waals surface area (Å²) in [6.07, 6.45) is 1.79. The normalized spacial score (nSPS) is 10.2. The molecule has 80 valence electrons. The van der Waals surface area contributed by atoms with E-state index < -0.39 is 0 Å². The number of fused-ring (bicyclic) bond motifs is 1. The van der Waals surface area contributed by atoms with Crippen molar-refractivity contribution in [2.45, 2.75) is 0 Å². The molecule has 0 aliphatic carbocycles. The van der Waals surface area contributed by atoms with Gasteiger partial charge in [0.25, 0.3) is 0 Å². The molecule has 3 aromatic rings. The second-order valence-corrected chi connectivity index (χ2v) is 3.70. The molecule has 0 aliphatic rings. The SMILES string of the molecule is Fc1ccc(-c2ccc3[c-]c[nH]c3c2)cc1.[Zn]. The quantitative estimate of drug-likeness (QED) is 0.514. The minimum absolute atomic E-state index is 0. The molecule has 0 aliphatic heterocycles. The average Bonchev–Trinajstić information content (AvgIpc) is 2.77. The maximum absolute atomic E-state index is 12.8. The van der Waals surface area contributed by atoms with Gasteiger partial charge in [-0.3, -0.25) is 0 Å². The first-order chi connectivity index (χ1) is 7.83. The van der Waals surface area contributed by atoms with Crippen LogP contribution in [-0.2, 0) is 19.5 Å². The Morgan fingerprint density at radius 2 is 1.65 bits per heavy atom. The number of nitrogens with one attached hydrogen (secondary N) is 1. The van der Waals surface area contributed by atoms with Gasteiger partial charge in [-0.1, -0.05) is 29.9 Å². The zero-order valence-electron chi connectivity index (χ0n) is 9.20. The Balaban J connectivity index is 0.00000108. The second-order valence-electron chi connectivity index (χ2n) is 3.70. The van der Waals surface area contributed by atoms with Gasteiger partial charge >= 0.3 is 0 Å². The summed E-state index contributed by atoms with van der Waals surface area (Å²) in [4.78, 5) is 3.11. The topological polar surface area (TPSA) is 15.8 Å². The molecule has 3 rings (SSSR count). The van der Waals surface area contributed by atoms with E-state index >= 15 is 0 Å². The van der Waals surface area contributed by atoms with Crippen LogP contribution in [0.4, 0.5) is 4.39 Å². The van der Waals surface area contributed by atoms with Gasteiger partial charge in [0.05, 0.1) is 0 Å². The van der Waals surface area contributed by atoms with Gasteiger partial charge in [0.2, 0.25) is 0 Å². The minimum atomic E-state index is -0.210. The fourth-order valence-electron chi connectivity index (χ4n) is 1.80. The van der Waals surface area contributed by atoms with Crippen molar-refractivity contribution in [3.63, 3.8) is 0 Å². The van der Waals surface area contributed by atoms with Gasteiger partial charge in [0.15, 0.2) is 0 Å². The van der Waals surface area contributed by atoms with Gasteiger partial charge in [-0.15, -0.1) is 6.07 Å². The molecule has 0 spiro atoms. The first kappa shape index (κ1) is 12.0. The summed E-state index contributed by atoms with van der Waals surface area (Å²) in [7, 11) is 0. The molecule has 0 saturated heterocycles. The van der Waals surface area contributed by atoms with Crippen LogP contribution in [0.5, 0.6) is 0 Å². The van der Waals surface area contributed by atoms with E-state index in [2.05, 4.69) is 11.1 Å². The molecule has 1 aromatic heterocycles. The molecule has 0 unspecified atom stereocenters. The first-order valence-electron chi connectivity index (χ1n) is 5.08. The Labute approximate surface area is 111 Å². The Bertz CT molecular complexity index is 628. The molecule has 0 amide bonds. The van der Waals surface area contributed by atoms with Crippen molar-refractivity contribution in [1.29, 1.82) is 0 Å². The number of aromatic nitrogens is 1. The molecule has 17 heavy (non-hydrogen) atoms. The van der Waals surface area contributed by atoms with Crippen LogP contribution in [0.25, 0.3) is 22.0 Å². The first-order valence-corrected chi connectivity index (χ1v) is 5.08. The molecule has 1 N–H and O–H groups in total. The van der Waals surface area contributed by atoms with Gasteiger partial charge in [-0.05, 0) is 23.3 Å². The number of H-pyrrole nitrogens is 1. The summed E-state index contributed by atoms with van der Waals surface area (Å²) < 4.78 is 12.8. The predicted molar refractivity (Wildman–Crippen MR) is 62.5 cm³/mol. The Hall–Kier alpha value is -1.47. The molecule has 0 radical (unpaired) electrons. The monoisotopic (exact) mass is 274 g/mol. The Kier molecular flexibility index (Phi) is 3.39. The number of hydrogen-bond acceptors (Lipinski definition) is 0. The largest absolute Gasteiger partial charge is 0.424 e. The Morgan fingerprint density at radius 3 is 2.41 bits per heavy atom. The van der Waals surface area contributed by atoms with Crippen molar-refractivity contribution in [3.05, 3.63) is 60.5 Å². The second kappa shape index (κ2) is 4.81. The molecule has 2 aromatic carbocycles. The number of aromatic amines is 1. The molecule has 1 nitrogen and oxygen atoms in total. The summed E-state index contributed by atoms with van der Waals surface area (Å²) in [5, 5.41) is 1.06. The zero-order valence-corrected chi connectivity index (χ0v) is 12.2. The van der Waals surface area contributed by atoms with E-state index in [1.807, 2.05) is 18.2 Å². The van der Waals surface area contributed by atoms with Crippen molar-refractivity contribution in [2.24, 2.45) is 0 Å². The van der Waals surface area contributed by atoms with E-state index in [9.17, 15) is 4.39 Å². The van der Waals surface area contributed by atoms with Crippen molar-refractivity contribution in [3.8, 4) is 11.1 Å². The van der Waals surface area contributed by atoms with Crippen LogP contribution in [-0.4, -0.2) is 4.98 Å². The van der Waals surface area contributed by atoms with Gasteiger partial charge in [-0.2, -0.15) is 17.5 Å². The number of halogens is 1. The van der Waals surface area contributed by atoms with E-state index in [0.29, 0.717) is 0 Å². The van der Waals surface area contributed by atoms with Crippen LogP contribution in [0.15, 0.2) is 48.7 Å². The summed E-state index contributed by atoms with van der Waals surface area (Å²) >= 11 is 0. The third-order valence-corrected chi connectivity index (χ3v) is 2.65. The third kappa shape index (κ3) is 2.30. The van der Waals surface area contributed by atoms with Crippen molar-refractivity contribution in [1.82, 2.24) is 4.98 Å². The van der Waals surface area contributed by atoms with Crippen LogP contribution in [0.3, 0.4) is 0 Å². The van der Waals surface area contributed by atoms with Gasteiger partial charge < -0.3 is 4.98 Å². The zero-order chi connectivity index (χ0) is 11.0.